The number of pyridine rings is 1. The molecule has 0 saturated heterocycles. The molecule has 19 heavy (non-hydrogen) atoms. The fourth-order valence-electron chi connectivity index (χ4n) is 1.43. The van der Waals surface area contributed by atoms with Gasteiger partial charge in [-0.25, -0.2) is 13.4 Å². The lowest BCUT2D eigenvalue weighted by Gasteiger charge is -2.21. The lowest BCUT2D eigenvalue weighted by molar-refractivity contribution is 0.168. The third-order valence-corrected chi connectivity index (χ3v) is 4.72. The van der Waals surface area contributed by atoms with E-state index in [1.54, 1.807) is 0 Å². The van der Waals surface area contributed by atoms with E-state index in [0.29, 0.717) is 4.47 Å². The highest BCUT2D eigenvalue weighted by Gasteiger charge is 2.26. The van der Waals surface area contributed by atoms with Crippen LogP contribution in [0.3, 0.4) is 0 Å². The van der Waals surface area contributed by atoms with Crippen LogP contribution < -0.4 is 5.73 Å². The van der Waals surface area contributed by atoms with Gasteiger partial charge in [-0.2, -0.15) is 4.31 Å². The average molecular weight is 354 g/mol. The maximum atomic E-state index is 12.4. The van der Waals surface area contributed by atoms with Gasteiger partial charge in [-0.3, -0.25) is 0 Å². The highest BCUT2D eigenvalue weighted by atomic mass is 79.9. The smallest absolute Gasteiger partial charge is 0.246 e. The van der Waals surface area contributed by atoms with Crippen LogP contribution in [0.15, 0.2) is 21.6 Å². The first-order valence-electron chi connectivity index (χ1n) is 5.44. The third kappa shape index (κ3) is 4.11. The van der Waals surface area contributed by atoms with Crippen LogP contribution in [-0.2, 0) is 14.8 Å². The van der Waals surface area contributed by atoms with Gasteiger partial charge in [0.05, 0.1) is 13.2 Å². The van der Waals surface area contributed by atoms with Crippen LogP contribution in [0.5, 0.6) is 0 Å². The Labute approximate surface area is 120 Å². The summed E-state index contributed by atoms with van der Waals surface area (Å²) >= 11 is 3.15. The van der Waals surface area contributed by atoms with Crippen molar-refractivity contribution < 1.29 is 18.3 Å². The standard InChI is InChI=1S/C10H16BrN3O4S/c1-18-5-3-14(2-4-15)19(16,17)9-6-8(11)7-13-10(9)12/h6-7,15H,2-5H2,1H3,(H2,12,13). The lowest BCUT2D eigenvalue weighted by atomic mass is 10.5. The predicted octanol–water partition coefficient (Wildman–Crippen LogP) is 0.0557. The van der Waals surface area contributed by atoms with Gasteiger partial charge in [-0.05, 0) is 22.0 Å². The number of halogens is 1. The molecule has 0 spiro atoms. The number of rotatable bonds is 7. The van der Waals surface area contributed by atoms with Crippen molar-refractivity contribution in [1.29, 1.82) is 0 Å². The summed E-state index contributed by atoms with van der Waals surface area (Å²) in [7, 11) is -2.34. The molecule has 108 valence electrons. The van der Waals surface area contributed by atoms with Crippen LogP contribution in [-0.4, -0.2) is 56.2 Å². The Morgan fingerprint density at radius 3 is 2.79 bits per heavy atom. The molecule has 0 amide bonds. The lowest BCUT2D eigenvalue weighted by Crippen LogP contribution is -2.36. The second kappa shape index (κ2) is 7.15. The summed E-state index contributed by atoms with van der Waals surface area (Å²) in [5, 5.41) is 8.97. The summed E-state index contributed by atoms with van der Waals surface area (Å²) in [6.07, 6.45) is 1.42. The number of sulfonamides is 1. The minimum atomic E-state index is -3.81. The maximum absolute atomic E-state index is 12.4. The molecule has 3 N–H and O–H groups in total. The van der Waals surface area contributed by atoms with Gasteiger partial charge >= 0.3 is 0 Å². The van der Waals surface area contributed by atoms with E-state index >= 15 is 0 Å². The molecule has 0 radical (unpaired) electrons. The Morgan fingerprint density at radius 1 is 1.53 bits per heavy atom. The molecule has 1 aromatic rings. The van der Waals surface area contributed by atoms with Crippen LogP contribution >= 0.6 is 15.9 Å². The molecule has 0 fully saturated rings. The zero-order chi connectivity index (χ0) is 14.5. The van der Waals surface area contributed by atoms with Gasteiger partial charge in [0, 0.05) is 30.9 Å². The van der Waals surface area contributed by atoms with E-state index in [4.69, 9.17) is 15.6 Å². The Kier molecular flexibility index (Phi) is 6.14. The number of aliphatic hydroxyl groups is 1. The van der Waals surface area contributed by atoms with E-state index in [-0.39, 0.29) is 37.0 Å². The van der Waals surface area contributed by atoms with Crippen molar-refractivity contribution in [2.45, 2.75) is 4.90 Å². The summed E-state index contributed by atoms with van der Waals surface area (Å²) in [6.45, 7) is 0.0356. The van der Waals surface area contributed by atoms with Crippen LogP contribution in [0.4, 0.5) is 5.82 Å². The van der Waals surface area contributed by atoms with E-state index in [2.05, 4.69) is 20.9 Å². The monoisotopic (exact) mass is 353 g/mol. The Balaban J connectivity index is 3.14. The molecule has 9 heteroatoms. The minimum absolute atomic E-state index is 0.0301. The number of ether oxygens (including phenoxy) is 1. The maximum Gasteiger partial charge on any atom is 0.246 e. The van der Waals surface area contributed by atoms with Crippen LogP contribution in [0.1, 0.15) is 0 Å². The van der Waals surface area contributed by atoms with Crippen molar-refractivity contribution in [1.82, 2.24) is 9.29 Å². The van der Waals surface area contributed by atoms with Gasteiger partial charge in [0.2, 0.25) is 10.0 Å². The van der Waals surface area contributed by atoms with Gasteiger partial charge in [0.25, 0.3) is 0 Å². The number of nitrogens with two attached hydrogens (primary N) is 1. The number of hydrogen-bond acceptors (Lipinski definition) is 6. The number of nitrogens with zero attached hydrogens (tertiary/aromatic N) is 2. The molecule has 0 saturated carbocycles. The minimum Gasteiger partial charge on any atom is -0.395 e. The van der Waals surface area contributed by atoms with Crippen molar-refractivity contribution in [2.75, 3.05) is 39.1 Å². The summed E-state index contributed by atoms with van der Waals surface area (Å²) in [6, 6.07) is 1.38. The number of hydrogen-bond donors (Lipinski definition) is 2. The highest BCUT2D eigenvalue weighted by molar-refractivity contribution is 9.10. The van der Waals surface area contributed by atoms with Crippen molar-refractivity contribution in [3.63, 3.8) is 0 Å². The molecule has 1 heterocycles. The first-order valence-corrected chi connectivity index (χ1v) is 7.67. The van der Waals surface area contributed by atoms with Crippen molar-refractivity contribution in [3.8, 4) is 0 Å². The fourth-order valence-corrected chi connectivity index (χ4v) is 3.42. The van der Waals surface area contributed by atoms with E-state index in [0.717, 1.165) is 4.31 Å². The third-order valence-electron chi connectivity index (χ3n) is 2.36. The molecule has 1 rings (SSSR count). The largest absolute Gasteiger partial charge is 0.395 e. The highest BCUT2D eigenvalue weighted by Crippen LogP contribution is 2.23. The molecule has 0 aliphatic rings. The van der Waals surface area contributed by atoms with Gasteiger partial charge in [-0.15, -0.1) is 0 Å². The summed E-state index contributed by atoms with van der Waals surface area (Å²) < 4.78 is 31.3. The van der Waals surface area contributed by atoms with Gasteiger partial charge in [0.15, 0.2) is 0 Å². The molecule has 0 aliphatic carbocycles. The van der Waals surface area contributed by atoms with Gasteiger partial charge < -0.3 is 15.6 Å². The zero-order valence-corrected chi connectivity index (χ0v) is 12.8. The van der Waals surface area contributed by atoms with E-state index in [1.807, 2.05) is 0 Å². The first kappa shape index (κ1) is 16.3. The van der Waals surface area contributed by atoms with Gasteiger partial charge in [-0.1, -0.05) is 0 Å². The predicted molar refractivity (Wildman–Crippen MR) is 74.1 cm³/mol. The number of methoxy groups -OCH3 is 1. The molecule has 0 aliphatic heterocycles. The van der Waals surface area contributed by atoms with Crippen molar-refractivity contribution >= 4 is 31.8 Å². The quantitative estimate of drug-likeness (QED) is 0.717. The Morgan fingerprint density at radius 2 is 2.21 bits per heavy atom. The average Bonchev–Trinajstić information content (AvgIpc) is 2.37. The van der Waals surface area contributed by atoms with E-state index < -0.39 is 10.0 Å². The van der Waals surface area contributed by atoms with Crippen molar-refractivity contribution in [2.24, 2.45) is 0 Å². The summed E-state index contributed by atoms with van der Waals surface area (Å²) in [5.41, 5.74) is 5.61. The second-order valence-corrected chi connectivity index (χ2v) is 6.48. The fraction of sp³-hybridized carbons (Fsp3) is 0.500. The zero-order valence-electron chi connectivity index (χ0n) is 10.4. The van der Waals surface area contributed by atoms with Crippen molar-refractivity contribution in [3.05, 3.63) is 16.7 Å². The van der Waals surface area contributed by atoms with Gasteiger partial charge in [0.1, 0.15) is 10.7 Å². The molecule has 0 unspecified atom stereocenters. The summed E-state index contributed by atoms with van der Waals surface area (Å²) in [4.78, 5) is 3.71. The Bertz CT molecular complexity index is 524. The van der Waals surface area contributed by atoms with Crippen LogP contribution in [0.25, 0.3) is 0 Å². The molecule has 1 aromatic heterocycles. The Hall–Kier alpha value is -0.740. The second-order valence-electron chi connectivity index (χ2n) is 3.66. The number of aromatic nitrogens is 1. The topological polar surface area (TPSA) is 106 Å². The molecule has 0 aromatic carbocycles. The summed E-state index contributed by atoms with van der Waals surface area (Å²) in [5.74, 6) is -0.0800. The van der Waals surface area contributed by atoms with Crippen LogP contribution in [0.2, 0.25) is 0 Å². The molecular formula is C10H16BrN3O4S. The number of nitrogen functional groups attached to an aromatic ring is 1. The molecule has 0 bridgehead atoms. The normalized spacial score (nSPS) is 12.0. The molecule has 7 nitrogen and oxygen atoms in total. The van der Waals surface area contributed by atoms with E-state index in [9.17, 15) is 8.42 Å². The molecule has 0 atom stereocenters. The number of anilines is 1. The number of aliphatic hydroxyl groups excluding tert-OH is 1. The SMILES string of the molecule is COCCN(CCO)S(=O)(=O)c1cc(Br)cnc1N. The van der Waals surface area contributed by atoms with Crippen LogP contribution in [0, 0.1) is 0 Å². The van der Waals surface area contributed by atoms with E-state index in [1.165, 1.54) is 19.4 Å². The molecular weight excluding hydrogens is 338 g/mol. The first-order chi connectivity index (χ1) is 8.93.